The first-order valence-electron chi connectivity index (χ1n) is 35.1. The first-order valence-corrected chi connectivity index (χ1v) is 35.1. The molecule has 0 bridgehead atoms. The Hall–Kier alpha value is -1.24. The lowest BCUT2D eigenvalue weighted by Gasteiger charge is -2.28. The Morgan fingerprint density at radius 2 is 0.280 bits per heavy atom. The highest BCUT2D eigenvalue weighted by molar-refractivity contribution is 4.79. The average Bonchev–Trinajstić information content (AvgIpc) is 1.07. The van der Waals surface area contributed by atoms with Gasteiger partial charge in [0.1, 0.15) is 0 Å². The predicted molar refractivity (Wildman–Crippen MR) is 368 cm³/mol. The highest BCUT2D eigenvalue weighted by Crippen LogP contribution is 2.24. The summed E-state index contributed by atoms with van der Waals surface area (Å²) in [5, 5.41) is 162. The molecule has 0 aliphatic rings. The highest BCUT2D eigenvalue weighted by Gasteiger charge is 2.32. The van der Waals surface area contributed by atoms with Crippen LogP contribution >= 0.6 is 0 Å². The molecule has 0 spiro atoms. The molecular weight excluding hydrogens is 1320 g/mol. The van der Waals surface area contributed by atoms with Crippen molar-refractivity contribution in [3.8, 4) is 0 Å². The maximum Gasteiger partial charge on any atom is 0.0564 e. The van der Waals surface area contributed by atoms with Gasteiger partial charge in [-0.25, -0.2) is 0 Å². The third-order valence-electron chi connectivity index (χ3n) is 17.3. The van der Waals surface area contributed by atoms with Crippen molar-refractivity contribution in [1.82, 2.24) is 5.32 Å². The molecule has 31 heteroatoms. The van der Waals surface area contributed by atoms with Crippen molar-refractivity contribution in [3.63, 3.8) is 0 Å². The molecule has 0 saturated heterocycles. The van der Waals surface area contributed by atoms with Crippen molar-refractivity contribution in [2.24, 2.45) is 84.7 Å². The molecule has 0 radical (unpaired) electrons. The zero-order valence-corrected chi connectivity index (χ0v) is 62.2. The van der Waals surface area contributed by atoms with Crippen LogP contribution in [0.1, 0.15) is 55.4 Å². The van der Waals surface area contributed by atoms with Gasteiger partial charge in [-0.1, -0.05) is 55.4 Å². The first-order chi connectivity index (χ1) is 47.6. The molecule has 31 nitrogen and oxygen atoms in total. The number of ether oxygens (including phenoxy) is 14. The Morgan fingerprint density at radius 3 is 0.380 bits per heavy atom. The molecule has 0 heterocycles. The molecule has 0 saturated carbocycles. The Morgan fingerprint density at radius 1 is 0.180 bits per heavy atom. The first kappa shape index (κ1) is 98.8. The number of hydrogen-bond acceptors (Lipinski definition) is 31. The van der Waals surface area contributed by atoms with Gasteiger partial charge in [-0.3, -0.25) is 0 Å². The molecule has 0 aliphatic heterocycles. The summed E-state index contributed by atoms with van der Waals surface area (Å²) < 4.78 is 86.3. The highest BCUT2D eigenvalue weighted by atomic mass is 16.5. The summed E-state index contributed by atoms with van der Waals surface area (Å²) >= 11 is 0. The predicted octanol–water partition coefficient (Wildman–Crippen LogP) is -3.32. The molecule has 0 aromatic carbocycles. The minimum Gasteiger partial charge on any atom is -0.396 e. The van der Waals surface area contributed by atoms with Crippen LogP contribution in [-0.4, -0.2) is 386 Å². The van der Waals surface area contributed by atoms with Crippen LogP contribution in [0, 0.1) is 84.7 Å². The fourth-order valence-corrected chi connectivity index (χ4v) is 8.64. The van der Waals surface area contributed by atoms with Crippen LogP contribution in [0.25, 0.3) is 0 Å². The van der Waals surface area contributed by atoms with Crippen molar-refractivity contribution >= 4 is 0 Å². The smallest absolute Gasteiger partial charge is 0.0564 e. The minimum atomic E-state index is -0.905. The van der Waals surface area contributed by atoms with Gasteiger partial charge in [-0.05, 0) is 7.05 Å². The van der Waals surface area contributed by atoms with Gasteiger partial charge >= 0.3 is 0 Å². The van der Waals surface area contributed by atoms with Crippen LogP contribution in [0.3, 0.4) is 0 Å². The quantitative estimate of drug-likeness (QED) is 0.0283. The Kier molecular flexibility index (Phi) is 55.4. The summed E-state index contributed by atoms with van der Waals surface area (Å²) in [5.41, 5.74) is -7.24. The molecule has 17 N–H and O–H groups in total. The third-order valence-corrected chi connectivity index (χ3v) is 17.3. The van der Waals surface area contributed by atoms with E-state index in [1.165, 1.54) is 0 Å². The number of hydrogen-bond donors (Lipinski definition) is 17. The van der Waals surface area contributed by atoms with Crippen LogP contribution in [0.4, 0.5) is 0 Å². The molecule has 0 rings (SSSR count). The topological polar surface area (TPSA) is 465 Å². The van der Waals surface area contributed by atoms with E-state index < -0.39 is 43.3 Å². The molecule has 0 aromatic heterocycles. The molecule has 0 aliphatic carbocycles. The van der Waals surface area contributed by atoms with Crippen molar-refractivity contribution in [2.75, 3.05) is 304 Å². The molecule has 0 unspecified atom stereocenters. The Labute approximate surface area is 595 Å². The zero-order chi connectivity index (χ0) is 75.5. The van der Waals surface area contributed by atoms with Gasteiger partial charge in [0.05, 0.1) is 291 Å². The normalized spacial score (nSPS) is 13.7. The zero-order valence-electron chi connectivity index (χ0n) is 62.2. The summed E-state index contributed by atoms with van der Waals surface area (Å²) in [6.45, 7) is 11.9. The minimum absolute atomic E-state index is 0.0393. The number of rotatable bonds is 74. The monoisotopic (exact) mass is 1460 g/mol. The number of aliphatic hydroxyl groups excluding tert-OH is 16. The van der Waals surface area contributed by atoms with E-state index in [-0.39, 0.29) is 332 Å². The molecule has 0 amide bonds. The molecule has 0 fully saturated rings. The second-order valence-electron chi connectivity index (χ2n) is 31.0. The maximum atomic E-state index is 9.93. The Bertz CT molecular complexity index is 1520. The number of aliphatic hydroxyl groups is 16. The van der Waals surface area contributed by atoms with Gasteiger partial charge in [0.15, 0.2) is 0 Å². The van der Waals surface area contributed by atoms with Crippen molar-refractivity contribution in [3.05, 3.63) is 0 Å². The van der Waals surface area contributed by atoms with Crippen LogP contribution in [0.2, 0.25) is 0 Å². The molecule has 602 valence electrons. The molecule has 0 atom stereocenters. The van der Waals surface area contributed by atoms with Crippen molar-refractivity contribution < 1.29 is 148 Å². The van der Waals surface area contributed by atoms with E-state index >= 15 is 0 Å². The van der Waals surface area contributed by atoms with Gasteiger partial charge in [0.25, 0.3) is 0 Å². The Balaban J connectivity index is 6.99. The average molecular weight is 1460 g/mol. The van der Waals surface area contributed by atoms with E-state index in [4.69, 9.17) is 66.3 Å². The van der Waals surface area contributed by atoms with Gasteiger partial charge < -0.3 is 153 Å². The number of nitrogens with one attached hydrogen (secondary N) is 1. The van der Waals surface area contributed by atoms with E-state index in [0.717, 1.165) is 0 Å². The summed E-state index contributed by atoms with van der Waals surface area (Å²) in [6.07, 6.45) is 0. The van der Waals surface area contributed by atoms with E-state index in [1.54, 1.807) is 62.4 Å². The van der Waals surface area contributed by atoms with Crippen LogP contribution in [-0.2, 0) is 66.3 Å². The van der Waals surface area contributed by atoms with Crippen LogP contribution < -0.4 is 5.32 Å². The van der Waals surface area contributed by atoms with E-state index in [9.17, 15) is 81.7 Å². The largest absolute Gasteiger partial charge is 0.396 e. The van der Waals surface area contributed by atoms with E-state index in [1.807, 2.05) is 0 Å². The maximum absolute atomic E-state index is 9.93. The lowest BCUT2D eigenvalue weighted by molar-refractivity contribution is -0.0846. The lowest BCUT2D eigenvalue weighted by atomic mass is 9.94. The third kappa shape index (κ3) is 44.2. The van der Waals surface area contributed by atoms with E-state index in [2.05, 4.69) is 5.32 Å². The van der Waals surface area contributed by atoms with Crippen LogP contribution in [0.15, 0.2) is 0 Å². The standard InChI is InChI=1S/C69H141NO30/c1-62(31-71,32-72)47-93-23-58(24-94-48-63(2,33-73)34-74)19-89-15-56(16-90-20-59(25-95-49-64(3,35-75)36-76)26-96-50-65(4,37-77)38-78)13-87-11-55(10-70-9)12-88-14-57(17-91-21-60(27-97-51-66(5,39-79)40-80)28-98-52-67(6,41-81)42-82)18-92-22-61(29-99-53-68(7,43-83)44-84)30-100-54-69(8,45-85)46-86/h55-61,70-86H,10-54H2,1-9H3. The summed E-state index contributed by atoms with van der Waals surface area (Å²) in [5.74, 6) is -2.48. The molecular formula is C69H141NO30. The summed E-state index contributed by atoms with van der Waals surface area (Å²) in [7, 11) is 1.80. The van der Waals surface area contributed by atoms with E-state index in [0.29, 0.717) is 6.54 Å². The van der Waals surface area contributed by atoms with Gasteiger partial charge in [-0.15, -0.1) is 0 Å². The fourth-order valence-electron chi connectivity index (χ4n) is 8.64. The summed E-state index contributed by atoms with van der Waals surface area (Å²) in [6, 6.07) is 0. The molecule has 100 heavy (non-hydrogen) atoms. The molecule has 0 aromatic rings. The van der Waals surface area contributed by atoms with Gasteiger partial charge in [0.2, 0.25) is 0 Å². The second-order valence-corrected chi connectivity index (χ2v) is 31.0. The second kappa shape index (κ2) is 56.1. The van der Waals surface area contributed by atoms with Crippen molar-refractivity contribution in [1.29, 1.82) is 0 Å². The summed E-state index contributed by atoms with van der Waals surface area (Å²) in [4.78, 5) is 0. The van der Waals surface area contributed by atoms with Gasteiger partial charge in [-0.2, -0.15) is 0 Å². The van der Waals surface area contributed by atoms with Gasteiger partial charge in [0, 0.05) is 91.3 Å². The SMILES string of the molecule is CNCC(COCC(COCC(COCC(C)(CO)CO)COCC(C)(CO)CO)COCC(COCC(C)(CO)CO)COCC(C)(CO)CO)COCC(COCC(COCC(C)(CO)CO)COCC(C)(CO)CO)COCC(COCC(C)(CO)CO)COCC(C)(CO)CO. The van der Waals surface area contributed by atoms with Crippen LogP contribution in [0.5, 0.6) is 0 Å². The van der Waals surface area contributed by atoms with Crippen molar-refractivity contribution in [2.45, 2.75) is 55.4 Å². The fraction of sp³-hybridized carbons (Fsp3) is 1.00. The lowest BCUT2D eigenvalue weighted by Crippen LogP contribution is -2.36.